The van der Waals surface area contributed by atoms with E-state index in [1.54, 1.807) is 6.07 Å². The summed E-state index contributed by atoms with van der Waals surface area (Å²) in [5.41, 5.74) is 1.01. The molecule has 3 heterocycles. The molecule has 0 saturated heterocycles. The standard InChI is InChI=1S/C14H10N6O3S/c1-24(21,22)23-14(11-3-5-16-6-4-11)18-13(19-20-14)10-2-7-17-12(8-10)9-15/h2-8H,1H3. The van der Waals surface area contributed by atoms with Crippen LogP contribution in [-0.4, -0.2) is 30.5 Å². The minimum Gasteiger partial charge on any atom is -0.265 e. The molecule has 1 aliphatic heterocycles. The van der Waals surface area contributed by atoms with Crippen LogP contribution in [0.15, 0.2) is 58.1 Å². The topological polar surface area (TPSA) is 130 Å². The van der Waals surface area contributed by atoms with Crippen LogP contribution in [0.1, 0.15) is 16.8 Å². The number of aliphatic imine (C=N–C) groups is 1. The highest BCUT2D eigenvalue weighted by Gasteiger charge is 2.41. The van der Waals surface area contributed by atoms with Gasteiger partial charge in [0, 0.05) is 29.7 Å². The molecule has 0 aliphatic carbocycles. The van der Waals surface area contributed by atoms with E-state index in [-0.39, 0.29) is 11.5 Å². The van der Waals surface area contributed by atoms with Gasteiger partial charge in [-0.3, -0.25) is 4.98 Å². The molecule has 9 nitrogen and oxygen atoms in total. The lowest BCUT2D eigenvalue weighted by molar-refractivity contribution is 0.0953. The number of nitrogens with zero attached hydrogens (tertiary/aromatic N) is 6. The summed E-state index contributed by atoms with van der Waals surface area (Å²) in [4.78, 5) is 12.0. The molecule has 0 bridgehead atoms. The third-order valence-corrected chi connectivity index (χ3v) is 3.53. The zero-order valence-corrected chi connectivity index (χ0v) is 13.2. The van der Waals surface area contributed by atoms with Crippen molar-refractivity contribution in [3.05, 3.63) is 59.7 Å². The molecule has 1 unspecified atom stereocenters. The second-order valence-corrected chi connectivity index (χ2v) is 6.38. The molecule has 0 amide bonds. The Morgan fingerprint density at radius 3 is 2.62 bits per heavy atom. The Hall–Kier alpha value is -3.03. The van der Waals surface area contributed by atoms with Crippen molar-refractivity contribution >= 4 is 16.0 Å². The number of azo groups is 1. The summed E-state index contributed by atoms with van der Waals surface area (Å²) in [5.74, 6) is -1.71. The fourth-order valence-corrected chi connectivity index (χ4v) is 2.63. The average Bonchev–Trinajstić information content (AvgIpc) is 2.99. The number of amidine groups is 1. The third kappa shape index (κ3) is 3.17. The predicted octanol–water partition coefficient (Wildman–Crippen LogP) is 1.35. The van der Waals surface area contributed by atoms with Gasteiger partial charge >= 0.3 is 5.85 Å². The molecule has 0 N–H and O–H groups in total. The Morgan fingerprint density at radius 1 is 1.21 bits per heavy atom. The first kappa shape index (κ1) is 15.9. The first-order valence-electron chi connectivity index (χ1n) is 6.62. The van der Waals surface area contributed by atoms with E-state index >= 15 is 0 Å². The van der Waals surface area contributed by atoms with Crippen LogP contribution in [0.2, 0.25) is 0 Å². The summed E-state index contributed by atoms with van der Waals surface area (Å²) >= 11 is 0. The van der Waals surface area contributed by atoms with Crippen LogP contribution in [0.3, 0.4) is 0 Å². The molecule has 2 aromatic rings. The van der Waals surface area contributed by atoms with E-state index < -0.39 is 16.0 Å². The molecular weight excluding hydrogens is 332 g/mol. The lowest BCUT2D eigenvalue weighted by Gasteiger charge is -2.19. The van der Waals surface area contributed by atoms with Gasteiger partial charge in [0.05, 0.1) is 6.26 Å². The van der Waals surface area contributed by atoms with Gasteiger partial charge < -0.3 is 0 Å². The van der Waals surface area contributed by atoms with Crippen LogP contribution in [-0.2, 0) is 20.2 Å². The second-order valence-electron chi connectivity index (χ2n) is 4.81. The van der Waals surface area contributed by atoms with Gasteiger partial charge in [0.1, 0.15) is 11.8 Å². The Kier molecular flexibility index (Phi) is 3.88. The Morgan fingerprint density at radius 2 is 1.96 bits per heavy atom. The number of rotatable bonds is 4. The van der Waals surface area contributed by atoms with Crippen LogP contribution < -0.4 is 0 Å². The summed E-state index contributed by atoms with van der Waals surface area (Å²) in [5, 5.41) is 16.8. The van der Waals surface area contributed by atoms with Crippen molar-refractivity contribution in [1.82, 2.24) is 9.97 Å². The van der Waals surface area contributed by atoms with Gasteiger partial charge in [-0.1, -0.05) is 0 Å². The SMILES string of the molecule is CS(=O)(=O)OC1(c2ccncc2)N=NC(c2ccnc(C#N)c2)=N1. The van der Waals surface area contributed by atoms with Crippen molar-refractivity contribution in [3.63, 3.8) is 0 Å². The number of nitriles is 1. The van der Waals surface area contributed by atoms with Gasteiger partial charge in [-0.25, -0.2) is 14.2 Å². The summed E-state index contributed by atoms with van der Waals surface area (Å²) in [6.07, 6.45) is 5.26. The van der Waals surface area contributed by atoms with E-state index in [0.717, 1.165) is 6.26 Å². The first-order valence-corrected chi connectivity index (χ1v) is 8.44. The quantitative estimate of drug-likeness (QED) is 0.771. The third-order valence-electron chi connectivity index (χ3n) is 2.99. The van der Waals surface area contributed by atoms with Gasteiger partial charge in [0.15, 0.2) is 5.84 Å². The fraction of sp³-hybridized carbons (Fsp3) is 0.143. The van der Waals surface area contributed by atoms with Crippen LogP contribution in [0.4, 0.5) is 0 Å². The molecule has 0 aromatic carbocycles. The van der Waals surface area contributed by atoms with Crippen LogP contribution in [0, 0.1) is 11.3 Å². The maximum atomic E-state index is 11.6. The Bertz CT molecular complexity index is 981. The zero-order valence-electron chi connectivity index (χ0n) is 12.4. The predicted molar refractivity (Wildman–Crippen MR) is 82.2 cm³/mol. The van der Waals surface area contributed by atoms with Gasteiger partial charge in [0.25, 0.3) is 10.1 Å². The smallest absolute Gasteiger partial charge is 0.265 e. The van der Waals surface area contributed by atoms with Crippen molar-refractivity contribution in [1.29, 1.82) is 5.26 Å². The highest BCUT2D eigenvalue weighted by molar-refractivity contribution is 7.86. The summed E-state index contributed by atoms with van der Waals surface area (Å²) in [7, 11) is -3.88. The minimum absolute atomic E-state index is 0.134. The largest absolute Gasteiger partial charge is 0.319 e. The van der Waals surface area contributed by atoms with Gasteiger partial charge in [0.2, 0.25) is 0 Å². The maximum Gasteiger partial charge on any atom is 0.319 e. The summed E-state index contributed by atoms with van der Waals surface area (Å²) in [6.45, 7) is 0. The van der Waals surface area contributed by atoms with Crippen LogP contribution >= 0.6 is 0 Å². The van der Waals surface area contributed by atoms with Crippen molar-refractivity contribution in [2.45, 2.75) is 5.85 Å². The molecule has 0 spiro atoms. The van der Waals surface area contributed by atoms with Gasteiger partial charge in [-0.15, -0.1) is 10.2 Å². The molecule has 0 radical (unpaired) electrons. The first-order chi connectivity index (χ1) is 11.4. The molecule has 120 valence electrons. The van der Waals surface area contributed by atoms with Crippen LogP contribution in [0.25, 0.3) is 0 Å². The van der Waals surface area contributed by atoms with E-state index in [1.807, 2.05) is 6.07 Å². The molecule has 1 atom stereocenters. The highest BCUT2D eigenvalue weighted by Crippen LogP contribution is 2.35. The lowest BCUT2D eigenvalue weighted by Crippen LogP contribution is -2.27. The monoisotopic (exact) mass is 342 g/mol. The summed E-state index contributed by atoms with van der Waals surface area (Å²) < 4.78 is 28.4. The number of aromatic nitrogens is 2. The molecule has 0 saturated carbocycles. The van der Waals surface area contributed by atoms with Gasteiger partial charge in [-0.2, -0.15) is 13.7 Å². The molecule has 0 fully saturated rings. The van der Waals surface area contributed by atoms with E-state index in [2.05, 4.69) is 25.2 Å². The van der Waals surface area contributed by atoms with E-state index in [9.17, 15) is 8.42 Å². The summed E-state index contributed by atoms with van der Waals surface area (Å²) in [6, 6.07) is 8.03. The molecule has 3 rings (SSSR count). The maximum absolute atomic E-state index is 11.6. The van der Waals surface area contributed by atoms with Crippen molar-refractivity contribution in [3.8, 4) is 6.07 Å². The van der Waals surface area contributed by atoms with E-state index in [0.29, 0.717) is 11.1 Å². The average molecular weight is 342 g/mol. The fourth-order valence-electron chi connectivity index (χ4n) is 2.04. The molecular formula is C14H10N6O3S. The molecule has 1 aliphatic rings. The zero-order chi connectivity index (χ0) is 17.2. The van der Waals surface area contributed by atoms with Crippen LogP contribution in [0.5, 0.6) is 0 Å². The Labute approximate surface area is 137 Å². The number of hydrogen-bond donors (Lipinski definition) is 0. The number of hydrogen-bond acceptors (Lipinski definition) is 9. The van der Waals surface area contributed by atoms with Crippen molar-refractivity contribution in [2.75, 3.05) is 6.26 Å². The Balaban J connectivity index is 2.11. The van der Waals surface area contributed by atoms with E-state index in [4.69, 9.17) is 9.44 Å². The molecule has 2 aromatic heterocycles. The lowest BCUT2D eigenvalue weighted by atomic mass is 10.2. The van der Waals surface area contributed by atoms with Crippen molar-refractivity contribution < 1.29 is 12.6 Å². The minimum atomic E-state index is -3.88. The highest BCUT2D eigenvalue weighted by atomic mass is 32.2. The normalized spacial score (nSPS) is 19.8. The second kappa shape index (κ2) is 5.88. The van der Waals surface area contributed by atoms with Gasteiger partial charge in [-0.05, 0) is 24.3 Å². The molecule has 10 heteroatoms. The van der Waals surface area contributed by atoms with Crippen molar-refractivity contribution in [2.24, 2.45) is 15.2 Å². The number of pyridine rings is 2. The van der Waals surface area contributed by atoms with E-state index in [1.165, 1.54) is 36.8 Å². The molecule has 24 heavy (non-hydrogen) atoms.